The second kappa shape index (κ2) is 18.1. The van der Waals surface area contributed by atoms with Gasteiger partial charge in [0.1, 0.15) is 18.1 Å². The van der Waals surface area contributed by atoms with Crippen LogP contribution < -0.4 is 19.7 Å². The van der Waals surface area contributed by atoms with Crippen LogP contribution in [-0.2, 0) is 30.4 Å². The summed E-state index contributed by atoms with van der Waals surface area (Å²) >= 11 is 0. The Hall–Kier alpha value is -4.30. The van der Waals surface area contributed by atoms with Crippen LogP contribution in [0.5, 0.6) is 11.5 Å². The Labute approximate surface area is 275 Å². The first-order valence-electron chi connectivity index (χ1n) is 16.0. The number of likely N-dealkylation sites (tertiary alicyclic amines) is 1. The monoisotopic (exact) mass is 658 g/mol. The Morgan fingerprint density at radius 2 is 1.85 bits per heavy atom. The zero-order valence-electron chi connectivity index (χ0n) is 27.4. The number of hydrogen-bond donors (Lipinski definition) is 1. The molecule has 2 aliphatic rings. The van der Waals surface area contributed by atoms with Crippen molar-refractivity contribution in [2.75, 3.05) is 72.2 Å². The van der Waals surface area contributed by atoms with E-state index in [2.05, 4.69) is 21.1 Å². The average Bonchev–Trinajstić information content (AvgIpc) is 3.08. The van der Waals surface area contributed by atoms with Gasteiger partial charge in [0.15, 0.2) is 0 Å². The smallest absolute Gasteiger partial charge is 0.410 e. The first kappa shape index (κ1) is 35.6. The van der Waals surface area contributed by atoms with E-state index in [0.717, 1.165) is 47.8 Å². The molecule has 0 radical (unpaired) electrons. The van der Waals surface area contributed by atoms with Crippen molar-refractivity contribution in [2.45, 2.75) is 56.8 Å². The van der Waals surface area contributed by atoms with E-state index >= 15 is 0 Å². The van der Waals surface area contributed by atoms with Gasteiger partial charge in [-0.05, 0) is 61.1 Å². The van der Waals surface area contributed by atoms with Crippen LogP contribution in [-0.4, -0.2) is 101 Å². The van der Waals surface area contributed by atoms with E-state index in [1.54, 1.807) is 26.2 Å². The van der Waals surface area contributed by atoms with E-state index < -0.39 is 23.3 Å². The Kier molecular flexibility index (Phi) is 13.7. The third-order valence-corrected chi connectivity index (χ3v) is 8.45. The summed E-state index contributed by atoms with van der Waals surface area (Å²) in [6, 6.07) is 13.4. The molecule has 47 heavy (non-hydrogen) atoms. The molecule has 2 aliphatic heterocycles. The number of amides is 2. The molecule has 2 aromatic rings. The Bertz CT molecular complexity index is 1310. The first-order valence-corrected chi connectivity index (χ1v) is 16.0. The zero-order valence-corrected chi connectivity index (χ0v) is 27.4. The van der Waals surface area contributed by atoms with Crippen LogP contribution in [0.3, 0.4) is 0 Å². The Morgan fingerprint density at radius 3 is 2.57 bits per heavy atom. The van der Waals surface area contributed by atoms with Gasteiger partial charge in [0.25, 0.3) is 5.09 Å². The van der Waals surface area contributed by atoms with E-state index in [4.69, 9.17) is 23.7 Å². The molecule has 1 N–H and O–H groups in total. The summed E-state index contributed by atoms with van der Waals surface area (Å²) in [5, 5.41) is 12.2. The standard InChI is InChI=1S/C33H46N4O10/c1-34-32(38)21-26-20-28(25-8-10-27(43-3)11-9-25)31(22-36(26)33(39)45-16-4-5-17-47-37(40)41)46-23-24-7-12-30-29(19-24)35(14-18-44-30)13-6-15-42-2/h7-12,19,26,28,31H,4-6,13-18,20-23H2,1-3H3,(H,34,38). The number of nitrogens with zero attached hydrogens (tertiary/aromatic N) is 3. The molecule has 3 unspecified atom stereocenters. The number of benzene rings is 2. The van der Waals surface area contributed by atoms with E-state index in [-0.39, 0.29) is 38.0 Å². The number of carbonyl (C=O) groups is 2. The second-order valence-corrected chi connectivity index (χ2v) is 11.5. The van der Waals surface area contributed by atoms with Crippen LogP contribution in [0, 0.1) is 10.1 Å². The molecule has 4 rings (SSSR count). The quantitative estimate of drug-likeness (QED) is 0.150. The summed E-state index contributed by atoms with van der Waals surface area (Å²) in [5.41, 5.74) is 3.00. The van der Waals surface area contributed by atoms with E-state index in [9.17, 15) is 19.7 Å². The lowest BCUT2D eigenvalue weighted by atomic mass is 9.82. The lowest BCUT2D eigenvalue weighted by Crippen LogP contribution is -2.53. The average molecular weight is 659 g/mol. The minimum Gasteiger partial charge on any atom is -0.497 e. The normalized spacial score (nSPS) is 18.9. The SMILES string of the molecule is CNC(=O)CC1CC(c2ccc(OC)cc2)C(OCc2ccc3c(c2)N(CCCOC)CCO3)CN1C(=O)OCCCCO[N+](=O)[O-]. The highest BCUT2D eigenvalue weighted by Gasteiger charge is 2.41. The number of carbonyl (C=O) groups excluding carboxylic acids is 2. The summed E-state index contributed by atoms with van der Waals surface area (Å²) in [4.78, 5) is 44.5. The zero-order chi connectivity index (χ0) is 33.6. The molecular weight excluding hydrogens is 612 g/mol. The van der Waals surface area contributed by atoms with Crippen LogP contribution in [0.15, 0.2) is 42.5 Å². The van der Waals surface area contributed by atoms with Gasteiger partial charge in [-0.3, -0.25) is 4.79 Å². The molecule has 1 saturated heterocycles. The van der Waals surface area contributed by atoms with Crippen molar-refractivity contribution < 1.29 is 43.2 Å². The van der Waals surface area contributed by atoms with Crippen LogP contribution in [0.4, 0.5) is 10.5 Å². The fraction of sp³-hybridized carbons (Fsp3) is 0.576. The Balaban J connectivity index is 1.52. The molecule has 0 aliphatic carbocycles. The highest BCUT2D eigenvalue weighted by atomic mass is 16.9. The number of ether oxygens (including phenoxy) is 5. The molecule has 0 aromatic heterocycles. The number of methoxy groups -OCH3 is 2. The third kappa shape index (κ3) is 10.3. The van der Waals surface area contributed by atoms with Gasteiger partial charge < -0.3 is 43.6 Å². The molecule has 1 fully saturated rings. The molecule has 14 heteroatoms. The van der Waals surface area contributed by atoms with Crippen LogP contribution >= 0.6 is 0 Å². The third-order valence-electron chi connectivity index (χ3n) is 8.45. The van der Waals surface area contributed by atoms with Gasteiger partial charge in [-0.1, -0.05) is 18.2 Å². The lowest BCUT2D eigenvalue weighted by molar-refractivity contribution is -0.757. The van der Waals surface area contributed by atoms with Crippen LogP contribution in [0.1, 0.15) is 49.1 Å². The molecule has 2 heterocycles. The molecule has 14 nitrogen and oxygen atoms in total. The topological polar surface area (TPSA) is 151 Å². The van der Waals surface area contributed by atoms with Crippen molar-refractivity contribution in [2.24, 2.45) is 0 Å². The number of anilines is 1. The molecular formula is C33H46N4O10. The van der Waals surface area contributed by atoms with Crippen molar-refractivity contribution in [1.82, 2.24) is 10.2 Å². The summed E-state index contributed by atoms with van der Waals surface area (Å²) in [5.74, 6) is 1.25. The first-order chi connectivity index (χ1) is 22.8. The molecule has 3 atom stereocenters. The number of piperidine rings is 1. The van der Waals surface area contributed by atoms with Crippen LogP contribution in [0.2, 0.25) is 0 Å². The summed E-state index contributed by atoms with van der Waals surface area (Å²) in [6.07, 6.45) is 1.26. The number of hydrogen-bond acceptors (Lipinski definition) is 11. The summed E-state index contributed by atoms with van der Waals surface area (Å²) in [7, 11) is 4.88. The predicted octanol–water partition coefficient (Wildman–Crippen LogP) is 3.94. The highest BCUT2D eigenvalue weighted by molar-refractivity contribution is 5.77. The minimum atomic E-state index is -0.848. The van der Waals surface area contributed by atoms with Gasteiger partial charge in [0.2, 0.25) is 5.91 Å². The van der Waals surface area contributed by atoms with Gasteiger partial charge in [-0.2, -0.15) is 0 Å². The summed E-state index contributed by atoms with van der Waals surface area (Å²) in [6.45, 7) is 3.44. The van der Waals surface area contributed by atoms with E-state index in [0.29, 0.717) is 39.1 Å². The van der Waals surface area contributed by atoms with Crippen LogP contribution in [0.25, 0.3) is 0 Å². The maximum absolute atomic E-state index is 13.4. The molecule has 2 aromatic carbocycles. The van der Waals surface area contributed by atoms with Gasteiger partial charge in [0.05, 0.1) is 51.8 Å². The van der Waals surface area contributed by atoms with Gasteiger partial charge in [-0.25, -0.2) is 4.79 Å². The lowest BCUT2D eigenvalue weighted by Gasteiger charge is -2.43. The minimum absolute atomic E-state index is 0.0641. The maximum atomic E-state index is 13.4. The van der Waals surface area contributed by atoms with Gasteiger partial charge >= 0.3 is 6.09 Å². The van der Waals surface area contributed by atoms with Gasteiger partial charge in [-0.15, -0.1) is 10.1 Å². The fourth-order valence-electron chi connectivity index (χ4n) is 5.98. The highest BCUT2D eigenvalue weighted by Crippen LogP contribution is 2.37. The molecule has 0 bridgehead atoms. The second-order valence-electron chi connectivity index (χ2n) is 11.5. The molecule has 0 spiro atoms. The van der Waals surface area contributed by atoms with E-state index in [1.807, 2.05) is 36.4 Å². The largest absolute Gasteiger partial charge is 0.497 e. The number of fused-ring (bicyclic) bond motifs is 1. The van der Waals surface area contributed by atoms with E-state index in [1.165, 1.54) is 0 Å². The molecule has 2 amide bonds. The summed E-state index contributed by atoms with van der Waals surface area (Å²) < 4.78 is 28.7. The molecule has 0 saturated carbocycles. The van der Waals surface area contributed by atoms with Crippen molar-refractivity contribution in [1.29, 1.82) is 0 Å². The number of rotatable bonds is 17. The number of unbranched alkanes of at least 4 members (excludes halogenated alkanes) is 1. The van der Waals surface area contributed by atoms with Crippen molar-refractivity contribution in [3.63, 3.8) is 0 Å². The molecule has 258 valence electrons. The fourth-order valence-corrected chi connectivity index (χ4v) is 5.98. The van der Waals surface area contributed by atoms with Crippen molar-refractivity contribution in [3.05, 3.63) is 63.7 Å². The Morgan fingerprint density at radius 1 is 1.06 bits per heavy atom. The maximum Gasteiger partial charge on any atom is 0.410 e. The van der Waals surface area contributed by atoms with Crippen molar-refractivity contribution in [3.8, 4) is 11.5 Å². The number of nitrogens with one attached hydrogen (secondary N) is 1. The van der Waals surface area contributed by atoms with Gasteiger partial charge in [0, 0.05) is 45.7 Å². The van der Waals surface area contributed by atoms with Crippen molar-refractivity contribution >= 4 is 17.7 Å². The predicted molar refractivity (Wildman–Crippen MR) is 172 cm³/mol.